The Kier molecular flexibility index (Phi) is 4.05. The predicted molar refractivity (Wildman–Crippen MR) is 86.1 cm³/mol. The zero-order chi connectivity index (χ0) is 14.1. The molecule has 0 radical (unpaired) electrons. The Hall–Kier alpha value is -0.980. The summed E-state index contributed by atoms with van der Waals surface area (Å²) in [4.78, 5) is 12.8. The summed E-state index contributed by atoms with van der Waals surface area (Å²) in [5, 5.41) is 3.83. The fraction of sp³-hybridized carbons (Fsp3) is 0.571. The second-order valence-corrected chi connectivity index (χ2v) is 7.38. The molecule has 0 spiro atoms. The van der Waals surface area contributed by atoms with E-state index in [9.17, 15) is 0 Å². The maximum Gasteiger partial charge on any atom is 0.180 e. The van der Waals surface area contributed by atoms with Crippen LogP contribution in [0.25, 0.3) is 10.6 Å². The van der Waals surface area contributed by atoms with Crippen molar-refractivity contribution in [2.45, 2.75) is 45.7 Å². The fourth-order valence-corrected chi connectivity index (χ4v) is 4.40. The van der Waals surface area contributed by atoms with E-state index < -0.39 is 0 Å². The minimum atomic E-state index is 0.624. The highest BCUT2D eigenvalue weighted by Gasteiger charge is 2.20. The Labute approximate surface area is 127 Å². The Morgan fingerprint density at radius 2 is 2.25 bits per heavy atom. The van der Waals surface area contributed by atoms with E-state index in [0.717, 1.165) is 22.8 Å². The second kappa shape index (κ2) is 5.79. The summed E-state index contributed by atoms with van der Waals surface area (Å²) in [6.07, 6.45) is 3.97. The molecule has 0 aliphatic carbocycles. The van der Waals surface area contributed by atoms with Crippen LogP contribution in [0.3, 0.4) is 0 Å². The van der Waals surface area contributed by atoms with Gasteiger partial charge in [0.05, 0.1) is 22.8 Å². The molecule has 108 valence electrons. The molecular weight excluding hydrogens is 288 g/mol. The normalized spacial score (nSPS) is 20.4. The molecule has 1 atom stereocenters. The summed E-state index contributed by atoms with van der Waals surface area (Å²) in [5.74, 6) is 0. The Morgan fingerprint density at radius 3 is 2.95 bits per heavy atom. The van der Waals surface area contributed by atoms with Crippen molar-refractivity contribution >= 4 is 27.8 Å². The fourth-order valence-electron chi connectivity index (χ4n) is 2.72. The lowest BCUT2D eigenvalue weighted by molar-refractivity contribution is 0.152. The number of nitrogens with two attached hydrogens (primary N) is 1. The molecule has 0 aromatic carbocycles. The van der Waals surface area contributed by atoms with Crippen molar-refractivity contribution in [3.8, 4) is 10.6 Å². The molecule has 0 saturated carbocycles. The summed E-state index contributed by atoms with van der Waals surface area (Å²) < 4.78 is 0. The minimum Gasteiger partial charge on any atom is -0.375 e. The number of nitrogen functional groups attached to an aromatic ring is 1. The molecule has 1 saturated heterocycles. The van der Waals surface area contributed by atoms with Gasteiger partial charge in [0.1, 0.15) is 5.01 Å². The van der Waals surface area contributed by atoms with Gasteiger partial charge in [-0.05, 0) is 33.2 Å². The van der Waals surface area contributed by atoms with Gasteiger partial charge in [0.25, 0.3) is 0 Å². The number of hydrogen-bond donors (Lipinski definition) is 1. The summed E-state index contributed by atoms with van der Waals surface area (Å²) in [6, 6.07) is 0.673. The van der Waals surface area contributed by atoms with Crippen molar-refractivity contribution in [3.05, 3.63) is 16.1 Å². The first-order chi connectivity index (χ1) is 9.63. The van der Waals surface area contributed by atoms with E-state index in [-0.39, 0.29) is 0 Å². The standard InChI is InChI=1S/C14H20N4S2/c1-9-5-3-4-6-18(9)7-12-16-10(2)13(20-12)11-8-19-14(15)17-11/h8-9H,3-7H2,1-2H3,(H2,15,17). The lowest BCUT2D eigenvalue weighted by atomic mass is 10.0. The van der Waals surface area contributed by atoms with Crippen LogP contribution in [0.4, 0.5) is 5.13 Å². The summed E-state index contributed by atoms with van der Waals surface area (Å²) in [7, 11) is 0. The highest BCUT2D eigenvalue weighted by atomic mass is 32.1. The van der Waals surface area contributed by atoms with Gasteiger partial charge in [-0.1, -0.05) is 6.42 Å². The van der Waals surface area contributed by atoms with Crippen molar-refractivity contribution in [1.29, 1.82) is 0 Å². The van der Waals surface area contributed by atoms with E-state index >= 15 is 0 Å². The topological polar surface area (TPSA) is 55.0 Å². The van der Waals surface area contributed by atoms with Crippen LogP contribution in [0.5, 0.6) is 0 Å². The van der Waals surface area contributed by atoms with Gasteiger partial charge in [0.2, 0.25) is 0 Å². The van der Waals surface area contributed by atoms with Crippen molar-refractivity contribution in [2.75, 3.05) is 12.3 Å². The SMILES string of the molecule is Cc1nc(CN2CCCCC2C)sc1-c1csc(N)n1. The van der Waals surface area contributed by atoms with Crippen molar-refractivity contribution in [1.82, 2.24) is 14.9 Å². The third kappa shape index (κ3) is 2.87. The highest BCUT2D eigenvalue weighted by molar-refractivity contribution is 7.16. The van der Waals surface area contributed by atoms with Crippen LogP contribution in [0.1, 0.15) is 36.9 Å². The molecule has 1 aliphatic heterocycles. The van der Waals surface area contributed by atoms with E-state index in [0.29, 0.717) is 11.2 Å². The summed E-state index contributed by atoms with van der Waals surface area (Å²) in [5.41, 5.74) is 7.77. The number of rotatable bonds is 3. The second-order valence-electron chi connectivity index (χ2n) is 5.41. The third-order valence-electron chi connectivity index (χ3n) is 3.87. The first kappa shape index (κ1) is 14.0. The molecule has 1 fully saturated rings. The Balaban J connectivity index is 1.78. The number of aromatic nitrogens is 2. The molecule has 3 heterocycles. The van der Waals surface area contributed by atoms with Crippen molar-refractivity contribution in [2.24, 2.45) is 0 Å². The lowest BCUT2D eigenvalue weighted by Crippen LogP contribution is -2.36. The first-order valence-corrected chi connectivity index (χ1v) is 8.75. The summed E-state index contributed by atoms with van der Waals surface area (Å²) in [6.45, 7) is 6.54. The average molecular weight is 308 g/mol. The molecule has 4 nitrogen and oxygen atoms in total. The van der Waals surface area contributed by atoms with Crippen LogP contribution in [0.2, 0.25) is 0 Å². The summed E-state index contributed by atoms with van der Waals surface area (Å²) >= 11 is 3.25. The molecule has 2 N–H and O–H groups in total. The highest BCUT2D eigenvalue weighted by Crippen LogP contribution is 2.32. The number of piperidine rings is 1. The van der Waals surface area contributed by atoms with E-state index in [1.165, 1.54) is 42.2 Å². The number of thiazole rings is 2. The van der Waals surface area contributed by atoms with E-state index in [4.69, 9.17) is 10.7 Å². The van der Waals surface area contributed by atoms with Crippen LogP contribution in [-0.4, -0.2) is 27.5 Å². The zero-order valence-corrected chi connectivity index (χ0v) is 13.6. The van der Waals surface area contributed by atoms with Crippen LogP contribution in [0.15, 0.2) is 5.38 Å². The minimum absolute atomic E-state index is 0.624. The Morgan fingerprint density at radius 1 is 1.40 bits per heavy atom. The van der Waals surface area contributed by atoms with Crippen molar-refractivity contribution < 1.29 is 0 Å². The molecule has 2 aromatic heterocycles. The monoisotopic (exact) mass is 308 g/mol. The maximum absolute atomic E-state index is 5.72. The molecule has 20 heavy (non-hydrogen) atoms. The average Bonchev–Trinajstić information content (AvgIpc) is 2.98. The van der Waals surface area contributed by atoms with Crippen LogP contribution in [0, 0.1) is 6.92 Å². The first-order valence-electron chi connectivity index (χ1n) is 7.05. The predicted octanol–water partition coefficient (Wildman–Crippen LogP) is 3.53. The molecule has 0 bridgehead atoms. The molecule has 1 unspecified atom stereocenters. The van der Waals surface area contributed by atoms with Gasteiger partial charge in [-0.15, -0.1) is 22.7 Å². The maximum atomic E-state index is 5.72. The van der Waals surface area contributed by atoms with Gasteiger partial charge < -0.3 is 5.73 Å². The van der Waals surface area contributed by atoms with Gasteiger partial charge in [-0.25, -0.2) is 9.97 Å². The molecule has 0 amide bonds. The molecule has 1 aliphatic rings. The van der Waals surface area contributed by atoms with E-state index in [1.54, 1.807) is 11.3 Å². The van der Waals surface area contributed by atoms with Gasteiger partial charge in [0, 0.05) is 11.4 Å². The van der Waals surface area contributed by atoms with Gasteiger partial charge in [-0.2, -0.15) is 0 Å². The van der Waals surface area contributed by atoms with Gasteiger partial charge >= 0.3 is 0 Å². The molecule has 2 aromatic rings. The number of likely N-dealkylation sites (tertiary alicyclic amines) is 1. The third-order valence-corrected chi connectivity index (χ3v) is 5.71. The smallest absolute Gasteiger partial charge is 0.180 e. The number of hydrogen-bond acceptors (Lipinski definition) is 6. The quantitative estimate of drug-likeness (QED) is 0.942. The number of aryl methyl sites for hydroxylation is 1. The van der Waals surface area contributed by atoms with Crippen LogP contribution in [-0.2, 0) is 6.54 Å². The van der Waals surface area contributed by atoms with Crippen LogP contribution < -0.4 is 5.73 Å². The van der Waals surface area contributed by atoms with Gasteiger partial charge in [-0.3, -0.25) is 4.90 Å². The van der Waals surface area contributed by atoms with Gasteiger partial charge in [0.15, 0.2) is 5.13 Å². The van der Waals surface area contributed by atoms with Crippen LogP contribution >= 0.6 is 22.7 Å². The largest absolute Gasteiger partial charge is 0.375 e. The number of anilines is 1. The molecule has 3 rings (SSSR count). The van der Waals surface area contributed by atoms with Crippen molar-refractivity contribution in [3.63, 3.8) is 0 Å². The number of nitrogens with zero attached hydrogens (tertiary/aromatic N) is 3. The zero-order valence-electron chi connectivity index (χ0n) is 11.9. The van der Waals surface area contributed by atoms with E-state index in [2.05, 4.69) is 23.7 Å². The molecular formula is C14H20N4S2. The Bertz CT molecular complexity index is 590. The molecule has 6 heteroatoms. The van der Waals surface area contributed by atoms with E-state index in [1.807, 2.05) is 5.38 Å². The lowest BCUT2D eigenvalue weighted by Gasteiger charge is -2.32.